The van der Waals surface area contributed by atoms with Gasteiger partial charge in [0.25, 0.3) is 5.91 Å². The fourth-order valence-corrected chi connectivity index (χ4v) is 2.86. The number of pyridine rings is 2. The number of rotatable bonds is 5. The van der Waals surface area contributed by atoms with Gasteiger partial charge in [0.2, 0.25) is 0 Å². The predicted molar refractivity (Wildman–Crippen MR) is 87.2 cm³/mol. The Labute approximate surface area is 140 Å². The summed E-state index contributed by atoms with van der Waals surface area (Å²) < 4.78 is 5.68. The zero-order valence-corrected chi connectivity index (χ0v) is 13.4. The molecule has 1 aliphatic rings. The Morgan fingerprint density at radius 1 is 1.35 bits per heavy atom. The largest absolute Gasteiger partial charge is 0.376 e. The van der Waals surface area contributed by atoms with Gasteiger partial charge in [-0.1, -0.05) is 17.7 Å². The van der Waals surface area contributed by atoms with E-state index in [-0.39, 0.29) is 12.0 Å². The number of hydrogen-bond donors (Lipinski definition) is 0. The van der Waals surface area contributed by atoms with Crippen molar-refractivity contribution in [3.63, 3.8) is 0 Å². The number of nitrogens with zero attached hydrogens (tertiary/aromatic N) is 3. The molecule has 0 aromatic carbocycles. The van der Waals surface area contributed by atoms with Gasteiger partial charge in [0.05, 0.1) is 28.9 Å². The Balaban J connectivity index is 1.81. The molecule has 2 aromatic heterocycles. The Bertz CT molecular complexity index is 660. The Morgan fingerprint density at radius 2 is 2.26 bits per heavy atom. The van der Waals surface area contributed by atoms with Crippen molar-refractivity contribution in [2.24, 2.45) is 0 Å². The molecule has 0 aliphatic carbocycles. The fourth-order valence-electron chi connectivity index (χ4n) is 2.66. The van der Waals surface area contributed by atoms with E-state index in [1.165, 1.54) is 6.20 Å². The van der Waals surface area contributed by atoms with E-state index in [4.69, 9.17) is 16.3 Å². The maximum absolute atomic E-state index is 12.9. The van der Waals surface area contributed by atoms with Crippen molar-refractivity contribution in [3.8, 4) is 0 Å². The van der Waals surface area contributed by atoms with E-state index in [1.54, 1.807) is 23.4 Å². The molecule has 1 aliphatic heterocycles. The topological polar surface area (TPSA) is 55.3 Å². The summed E-state index contributed by atoms with van der Waals surface area (Å²) in [7, 11) is 0. The maximum Gasteiger partial charge on any atom is 0.255 e. The van der Waals surface area contributed by atoms with Gasteiger partial charge in [-0.25, -0.2) is 0 Å². The quantitative estimate of drug-likeness (QED) is 0.845. The molecule has 0 bridgehead atoms. The number of carbonyl (C=O) groups is 1. The number of amides is 1. The third-order valence-electron chi connectivity index (χ3n) is 3.82. The third kappa shape index (κ3) is 4.06. The molecule has 120 valence electrons. The Hall–Kier alpha value is -1.98. The molecular formula is C17H18ClN3O2. The minimum absolute atomic E-state index is 0.0725. The van der Waals surface area contributed by atoms with E-state index in [0.717, 1.165) is 25.1 Å². The van der Waals surface area contributed by atoms with Crippen molar-refractivity contribution in [1.29, 1.82) is 0 Å². The molecular weight excluding hydrogens is 314 g/mol. The minimum Gasteiger partial charge on any atom is -0.376 e. The number of carbonyl (C=O) groups excluding carboxylic acids is 1. The first kappa shape index (κ1) is 15.9. The summed E-state index contributed by atoms with van der Waals surface area (Å²) in [5.74, 6) is -0.126. The molecule has 3 rings (SSSR count). The van der Waals surface area contributed by atoms with Gasteiger partial charge in [-0.3, -0.25) is 14.8 Å². The van der Waals surface area contributed by atoms with E-state index in [0.29, 0.717) is 23.7 Å². The Morgan fingerprint density at radius 3 is 2.96 bits per heavy atom. The van der Waals surface area contributed by atoms with Crippen LogP contribution in [-0.2, 0) is 11.3 Å². The van der Waals surface area contributed by atoms with Crippen molar-refractivity contribution >= 4 is 17.5 Å². The first-order valence-corrected chi connectivity index (χ1v) is 8.02. The van der Waals surface area contributed by atoms with E-state index in [9.17, 15) is 4.79 Å². The predicted octanol–water partition coefficient (Wildman–Crippen LogP) is 2.95. The molecule has 0 spiro atoms. The standard InChI is InChI=1S/C17H18ClN3O2/c18-16-10-19-8-6-15(16)17(22)21(12-14-5-3-9-23-14)11-13-4-1-2-7-20-13/h1-2,4,6-8,10,14H,3,5,9,11-12H2/t14-/m0/s1. The summed E-state index contributed by atoms with van der Waals surface area (Å²) in [5.41, 5.74) is 1.29. The highest BCUT2D eigenvalue weighted by Gasteiger charge is 2.25. The molecule has 0 unspecified atom stereocenters. The zero-order chi connectivity index (χ0) is 16.1. The van der Waals surface area contributed by atoms with Crippen LogP contribution in [0.5, 0.6) is 0 Å². The Kier molecular flexibility index (Phi) is 5.20. The summed E-state index contributed by atoms with van der Waals surface area (Å²) in [6, 6.07) is 7.32. The molecule has 1 amide bonds. The molecule has 23 heavy (non-hydrogen) atoms. The van der Waals surface area contributed by atoms with Gasteiger partial charge in [-0.2, -0.15) is 0 Å². The summed E-state index contributed by atoms with van der Waals surface area (Å²) in [5, 5.41) is 0.357. The van der Waals surface area contributed by atoms with E-state index in [2.05, 4.69) is 9.97 Å². The fraction of sp³-hybridized carbons (Fsp3) is 0.353. The van der Waals surface area contributed by atoms with Crippen LogP contribution in [0.4, 0.5) is 0 Å². The van der Waals surface area contributed by atoms with Crippen LogP contribution in [0, 0.1) is 0 Å². The highest BCUT2D eigenvalue weighted by molar-refractivity contribution is 6.33. The van der Waals surface area contributed by atoms with Gasteiger partial charge in [0, 0.05) is 31.7 Å². The van der Waals surface area contributed by atoms with Crippen molar-refractivity contribution in [1.82, 2.24) is 14.9 Å². The smallest absolute Gasteiger partial charge is 0.255 e. The lowest BCUT2D eigenvalue weighted by Crippen LogP contribution is -2.37. The summed E-state index contributed by atoms with van der Waals surface area (Å²) in [6.07, 6.45) is 6.86. The molecule has 1 fully saturated rings. The zero-order valence-electron chi connectivity index (χ0n) is 12.7. The lowest BCUT2D eigenvalue weighted by Gasteiger charge is -2.25. The van der Waals surface area contributed by atoms with Gasteiger partial charge < -0.3 is 9.64 Å². The van der Waals surface area contributed by atoms with E-state index < -0.39 is 0 Å². The number of hydrogen-bond acceptors (Lipinski definition) is 4. The van der Waals surface area contributed by atoms with Crippen LogP contribution in [0.1, 0.15) is 28.9 Å². The van der Waals surface area contributed by atoms with Gasteiger partial charge in [-0.05, 0) is 31.0 Å². The first-order chi connectivity index (χ1) is 11.2. The first-order valence-electron chi connectivity index (χ1n) is 7.64. The van der Waals surface area contributed by atoms with Crippen molar-refractivity contribution in [2.75, 3.05) is 13.2 Å². The number of aromatic nitrogens is 2. The minimum atomic E-state index is -0.126. The van der Waals surface area contributed by atoms with E-state index in [1.807, 2.05) is 18.2 Å². The van der Waals surface area contributed by atoms with Crippen LogP contribution >= 0.6 is 11.6 Å². The highest BCUT2D eigenvalue weighted by Crippen LogP contribution is 2.20. The van der Waals surface area contributed by atoms with Crippen molar-refractivity contribution in [3.05, 3.63) is 59.1 Å². The summed E-state index contributed by atoms with van der Waals surface area (Å²) >= 11 is 6.13. The maximum atomic E-state index is 12.9. The normalized spacial score (nSPS) is 17.2. The number of halogens is 1. The van der Waals surface area contributed by atoms with Crippen LogP contribution in [-0.4, -0.2) is 40.0 Å². The number of ether oxygens (including phenoxy) is 1. The average molecular weight is 332 g/mol. The third-order valence-corrected chi connectivity index (χ3v) is 4.12. The molecule has 0 radical (unpaired) electrons. The summed E-state index contributed by atoms with van der Waals surface area (Å²) in [4.78, 5) is 22.9. The van der Waals surface area contributed by atoms with Crippen molar-refractivity contribution < 1.29 is 9.53 Å². The molecule has 0 N–H and O–H groups in total. The average Bonchev–Trinajstić information content (AvgIpc) is 3.08. The molecule has 1 saturated heterocycles. The van der Waals surface area contributed by atoms with Crippen LogP contribution < -0.4 is 0 Å². The molecule has 1 atom stereocenters. The van der Waals surface area contributed by atoms with E-state index >= 15 is 0 Å². The molecule has 2 aromatic rings. The molecule has 3 heterocycles. The SMILES string of the molecule is O=C(c1ccncc1Cl)N(Cc1ccccn1)C[C@@H]1CCCO1. The van der Waals surface area contributed by atoms with Gasteiger partial charge in [0.1, 0.15) is 0 Å². The molecule has 5 nitrogen and oxygen atoms in total. The van der Waals surface area contributed by atoms with Gasteiger partial charge >= 0.3 is 0 Å². The monoisotopic (exact) mass is 331 g/mol. The second-order valence-corrected chi connectivity index (χ2v) is 5.90. The molecule has 6 heteroatoms. The molecule has 0 saturated carbocycles. The van der Waals surface area contributed by atoms with Crippen molar-refractivity contribution in [2.45, 2.75) is 25.5 Å². The van der Waals surface area contributed by atoms with Crippen LogP contribution in [0.15, 0.2) is 42.9 Å². The van der Waals surface area contributed by atoms with Crippen LogP contribution in [0.25, 0.3) is 0 Å². The van der Waals surface area contributed by atoms with Crippen LogP contribution in [0.2, 0.25) is 5.02 Å². The summed E-state index contributed by atoms with van der Waals surface area (Å²) in [6.45, 7) is 1.72. The second kappa shape index (κ2) is 7.53. The second-order valence-electron chi connectivity index (χ2n) is 5.50. The van der Waals surface area contributed by atoms with Gasteiger partial charge in [-0.15, -0.1) is 0 Å². The van der Waals surface area contributed by atoms with Gasteiger partial charge in [0.15, 0.2) is 0 Å². The highest BCUT2D eigenvalue weighted by atomic mass is 35.5. The lowest BCUT2D eigenvalue weighted by atomic mass is 10.1. The van der Waals surface area contributed by atoms with Crippen LogP contribution in [0.3, 0.4) is 0 Å². The lowest BCUT2D eigenvalue weighted by molar-refractivity contribution is 0.0504.